The molecule has 2 N–H and O–H groups in total. The number of aliphatic hydroxyl groups excluding tert-OH is 1. The SMILES string of the molecule is O=C(/C=C/c1ccc(O)cc1)N1CCC(CO)CC1. The van der Waals surface area contributed by atoms with Gasteiger partial charge in [0.15, 0.2) is 0 Å². The minimum Gasteiger partial charge on any atom is -0.508 e. The fraction of sp³-hybridized carbons (Fsp3) is 0.400. The zero-order valence-corrected chi connectivity index (χ0v) is 10.8. The average molecular weight is 261 g/mol. The van der Waals surface area contributed by atoms with Crippen LogP contribution in [0.4, 0.5) is 0 Å². The summed E-state index contributed by atoms with van der Waals surface area (Å²) in [6.45, 7) is 1.64. The Labute approximate surface area is 113 Å². The molecule has 4 heteroatoms. The zero-order valence-electron chi connectivity index (χ0n) is 10.8. The maximum atomic E-state index is 12.0. The van der Waals surface area contributed by atoms with E-state index < -0.39 is 0 Å². The number of amides is 1. The Morgan fingerprint density at radius 1 is 1.26 bits per heavy atom. The first-order valence-electron chi connectivity index (χ1n) is 6.56. The Kier molecular flexibility index (Phi) is 4.58. The third kappa shape index (κ3) is 3.83. The molecule has 1 aromatic carbocycles. The predicted molar refractivity (Wildman–Crippen MR) is 73.5 cm³/mol. The summed E-state index contributed by atoms with van der Waals surface area (Å²) in [5.74, 6) is 0.559. The standard InChI is InChI=1S/C15H19NO3/c17-11-13-7-9-16(10-8-13)15(19)6-3-12-1-4-14(18)5-2-12/h1-6,13,17-18H,7-11H2/b6-3+. The van der Waals surface area contributed by atoms with Crippen LogP contribution in [0.1, 0.15) is 18.4 Å². The minimum absolute atomic E-state index is 0.00413. The van der Waals surface area contributed by atoms with Crippen LogP contribution in [0.15, 0.2) is 30.3 Å². The maximum Gasteiger partial charge on any atom is 0.246 e. The summed E-state index contributed by atoms with van der Waals surface area (Å²) in [5.41, 5.74) is 0.886. The van der Waals surface area contributed by atoms with Gasteiger partial charge in [-0.1, -0.05) is 12.1 Å². The number of benzene rings is 1. The van der Waals surface area contributed by atoms with E-state index in [9.17, 15) is 4.79 Å². The number of phenolic OH excluding ortho intramolecular Hbond substituents is 1. The molecule has 102 valence electrons. The van der Waals surface area contributed by atoms with Crippen LogP contribution < -0.4 is 0 Å². The molecule has 2 rings (SSSR count). The van der Waals surface area contributed by atoms with Crippen LogP contribution in [-0.2, 0) is 4.79 Å². The lowest BCUT2D eigenvalue weighted by Crippen LogP contribution is -2.38. The van der Waals surface area contributed by atoms with Crippen molar-refractivity contribution < 1.29 is 15.0 Å². The second kappa shape index (κ2) is 6.38. The van der Waals surface area contributed by atoms with Gasteiger partial charge in [0.25, 0.3) is 0 Å². The van der Waals surface area contributed by atoms with E-state index in [0.717, 1.165) is 18.4 Å². The molecule has 19 heavy (non-hydrogen) atoms. The Morgan fingerprint density at radius 3 is 2.47 bits per heavy atom. The normalized spacial score (nSPS) is 17.0. The third-order valence-electron chi connectivity index (χ3n) is 3.50. The Bertz CT molecular complexity index is 445. The van der Waals surface area contributed by atoms with Crippen LogP contribution in [0.2, 0.25) is 0 Å². The van der Waals surface area contributed by atoms with Gasteiger partial charge in [0.05, 0.1) is 0 Å². The number of hydrogen-bond donors (Lipinski definition) is 2. The molecule has 1 aliphatic rings. The van der Waals surface area contributed by atoms with Crippen molar-refractivity contribution in [1.29, 1.82) is 0 Å². The van der Waals surface area contributed by atoms with Crippen molar-refractivity contribution in [3.8, 4) is 5.75 Å². The molecule has 0 radical (unpaired) electrons. The lowest BCUT2D eigenvalue weighted by atomic mass is 9.98. The van der Waals surface area contributed by atoms with E-state index in [4.69, 9.17) is 10.2 Å². The summed E-state index contributed by atoms with van der Waals surface area (Å²) < 4.78 is 0. The third-order valence-corrected chi connectivity index (χ3v) is 3.50. The highest BCUT2D eigenvalue weighted by Crippen LogP contribution is 2.17. The summed E-state index contributed by atoms with van der Waals surface area (Å²) in [6, 6.07) is 6.71. The van der Waals surface area contributed by atoms with Gasteiger partial charge in [0, 0.05) is 25.8 Å². The van der Waals surface area contributed by atoms with Gasteiger partial charge in [-0.25, -0.2) is 0 Å². The lowest BCUT2D eigenvalue weighted by molar-refractivity contribution is -0.127. The molecule has 0 unspecified atom stereocenters. The number of carbonyl (C=O) groups is 1. The van der Waals surface area contributed by atoms with Gasteiger partial charge >= 0.3 is 0 Å². The Balaban J connectivity index is 1.89. The van der Waals surface area contributed by atoms with E-state index in [0.29, 0.717) is 19.0 Å². The quantitative estimate of drug-likeness (QED) is 0.813. The Hall–Kier alpha value is -1.81. The lowest BCUT2D eigenvalue weighted by Gasteiger charge is -2.30. The van der Waals surface area contributed by atoms with E-state index in [2.05, 4.69) is 0 Å². The molecule has 0 saturated carbocycles. The molecule has 1 aromatic rings. The number of aromatic hydroxyl groups is 1. The molecule has 1 heterocycles. The van der Waals surface area contributed by atoms with Gasteiger partial charge in [0.1, 0.15) is 5.75 Å². The highest BCUT2D eigenvalue weighted by Gasteiger charge is 2.20. The number of hydrogen-bond acceptors (Lipinski definition) is 3. The zero-order chi connectivity index (χ0) is 13.7. The van der Waals surface area contributed by atoms with E-state index in [1.165, 1.54) is 0 Å². The molecular formula is C15H19NO3. The van der Waals surface area contributed by atoms with Crippen molar-refractivity contribution in [3.63, 3.8) is 0 Å². The van der Waals surface area contributed by atoms with Crippen LogP contribution in [0.3, 0.4) is 0 Å². The topological polar surface area (TPSA) is 60.8 Å². The van der Waals surface area contributed by atoms with Crippen molar-refractivity contribution in [1.82, 2.24) is 4.90 Å². The highest BCUT2D eigenvalue weighted by atomic mass is 16.3. The Morgan fingerprint density at radius 2 is 1.89 bits per heavy atom. The van der Waals surface area contributed by atoms with Gasteiger partial charge in [-0.2, -0.15) is 0 Å². The second-order valence-electron chi connectivity index (χ2n) is 4.88. The largest absolute Gasteiger partial charge is 0.508 e. The van der Waals surface area contributed by atoms with E-state index in [-0.39, 0.29) is 18.3 Å². The number of phenols is 1. The van der Waals surface area contributed by atoms with E-state index in [1.807, 2.05) is 4.90 Å². The van der Waals surface area contributed by atoms with Gasteiger partial charge < -0.3 is 15.1 Å². The molecule has 0 spiro atoms. The molecule has 4 nitrogen and oxygen atoms in total. The summed E-state index contributed by atoms with van der Waals surface area (Å²) in [7, 11) is 0. The number of likely N-dealkylation sites (tertiary alicyclic amines) is 1. The summed E-state index contributed by atoms with van der Waals surface area (Å²) >= 11 is 0. The molecule has 0 aliphatic carbocycles. The average Bonchev–Trinajstić information content (AvgIpc) is 2.46. The van der Waals surface area contributed by atoms with Crippen molar-refractivity contribution in [2.45, 2.75) is 12.8 Å². The number of nitrogens with zero attached hydrogens (tertiary/aromatic N) is 1. The van der Waals surface area contributed by atoms with E-state index >= 15 is 0 Å². The van der Waals surface area contributed by atoms with Gasteiger partial charge in [-0.15, -0.1) is 0 Å². The molecule has 1 amide bonds. The number of aliphatic hydroxyl groups is 1. The van der Waals surface area contributed by atoms with Crippen molar-refractivity contribution in [2.24, 2.45) is 5.92 Å². The van der Waals surface area contributed by atoms with Crippen LogP contribution in [-0.4, -0.2) is 40.7 Å². The molecular weight excluding hydrogens is 242 g/mol. The van der Waals surface area contributed by atoms with Gasteiger partial charge in [-0.3, -0.25) is 4.79 Å². The summed E-state index contributed by atoms with van der Waals surface area (Å²) in [4.78, 5) is 13.8. The molecule has 0 bridgehead atoms. The summed E-state index contributed by atoms with van der Waals surface area (Å²) in [6.07, 6.45) is 5.05. The van der Waals surface area contributed by atoms with Crippen LogP contribution in [0, 0.1) is 5.92 Å². The van der Waals surface area contributed by atoms with Crippen LogP contribution in [0.25, 0.3) is 6.08 Å². The minimum atomic E-state index is 0.00413. The molecule has 0 aromatic heterocycles. The van der Waals surface area contributed by atoms with Gasteiger partial charge in [-0.05, 0) is 42.5 Å². The van der Waals surface area contributed by atoms with Crippen molar-refractivity contribution >= 4 is 12.0 Å². The fourth-order valence-electron chi connectivity index (χ4n) is 2.19. The molecule has 1 saturated heterocycles. The first-order valence-corrected chi connectivity index (χ1v) is 6.56. The van der Waals surface area contributed by atoms with Gasteiger partial charge in [0.2, 0.25) is 5.91 Å². The molecule has 1 aliphatic heterocycles. The molecule has 0 atom stereocenters. The monoisotopic (exact) mass is 261 g/mol. The van der Waals surface area contributed by atoms with Crippen LogP contribution in [0.5, 0.6) is 5.75 Å². The first kappa shape index (κ1) is 13.6. The summed E-state index contributed by atoms with van der Waals surface area (Å²) in [5, 5.41) is 18.2. The first-order chi connectivity index (χ1) is 9.19. The second-order valence-corrected chi connectivity index (χ2v) is 4.88. The predicted octanol–water partition coefficient (Wildman–Crippen LogP) is 1.64. The smallest absolute Gasteiger partial charge is 0.246 e. The highest BCUT2D eigenvalue weighted by molar-refractivity contribution is 5.91. The molecule has 1 fully saturated rings. The maximum absolute atomic E-state index is 12.0. The van der Waals surface area contributed by atoms with E-state index in [1.54, 1.807) is 36.4 Å². The van der Waals surface area contributed by atoms with Crippen molar-refractivity contribution in [2.75, 3.05) is 19.7 Å². The number of carbonyl (C=O) groups excluding carboxylic acids is 1. The van der Waals surface area contributed by atoms with Crippen molar-refractivity contribution in [3.05, 3.63) is 35.9 Å². The fourth-order valence-corrected chi connectivity index (χ4v) is 2.19. The van der Waals surface area contributed by atoms with Crippen LogP contribution >= 0.6 is 0 Å². The number of piperidine rings is 1. The number of rotatable bonds is 3.